The summed E-state index contributed by atoms with van der Waals surface area (Å²) in [5.41, 5.74) is 2.08. The van der Waals surface area contributed by atoms with Crippen molar-refractivity contribution in [2.75, 3.05) is 49.2 Å². The Balaban J connectivity index is 1.29. The highest BCUT2D eigenvalue weighted by Gasteiger charge is 2.22. The number of nitrogens with zero attached hydrogens (tertiary/aromatic N) is 4. The van der Waals surface area contributed by atoms with E-state index in [1.54, 1.807) is 22.7 Å². The summed E-state index contributed by atoms with van der Waals surface area (Å²) < 4.78 is 13.6. The molecule has 0 radical (unpaired) electrons. The minimum atomic E-state index is 0.678. The van der Waals surface area contributed by atoms with E-state index in [0.717, 1.165) is 59.0 Å². The van der Waals surface area contributed by atoms with Crippen LogP contribution in [0, 0.1) is 0 Å². The number of hydrogen-bond acceptors (Lipinski definition) is 8. The van der Waals surface area contributed by atoms with E-state index in [9.17, 15) is 0 Å². The number of hydrogen-bond donors (Lipinski definition) is 0. The summed E-state index contributed by atoms with van der Waals surface area (Å²) in [4.78, 5) is 14.4. The topological polar surface area (TPSA) is 50.7 Å². The number of fused-ring (bicyclic) bond motifs is 2. The fourth-order valence-electron chi connectivity index (χ4n) is 3.66. The van der Waals surface area contributed by atoms with Crippen molar-refractivity contribution in [3.8, 4) is 11.5 Å². The summed E-state index contributed by atoms with van der Waals surface area (Å²) >= 11 is 3.48. The molecule has 30 heavy (non-hydrogen) atoms. The summed E-state index contributed by atoms with van der Waals surface area (Å²) in [5, 5.41) is 2.17. The molecule has 1 aliphatic rings. The molecule has 2 aromatic carbocycles. The Labute approximate surface area is 183 Å². The molecule has 8 heteroatoms. The van der Waals surface area contributed by atoms with Crippen molar-refractivity contribution >= 4 is 53.4 Å². The fraction of sp³-hybridized carbons (Fsp3) is 0.364. The summed E-state index contributed by atoms with van der Waals surface area (Å²) in [7, 11) is 0. The second-order valence-corrected chi connectivity index (χ2v) is 9.11. The molecule has 1 aliphatic heterocycles. The Hall–Kier alpha value is -2.58. The molecule has 6 nitrogen and oxygen atoms in total. The number of rotatable bonds is 6. The quantitative estimate of drug-likeness (QED) is 0.419. The van der Waals surface area contributed by atoms with Crippen molar-refractivity contribution in [3.63, 3.8) is 0 Å². The van der Waals surface area contributed by atoms with Gasteiger partial charge < -0.3 is 19.3 Å². The molecule has 1 saturated heterocycles. The molecule has 2 aromatic heterocycles. The molecule has 1 fully saturated rings. The van der Waals surface area contributed by atoms with Crippen LogP contribution in [0.3, 0.4) is 0 Å². The molecule has 5 rings (SSSR count). The first-order chi connectivity index (χ1) is 14.7. The summed E-state index contributed by atoms with van der Waals surface area (Å²) in [6, 6.07) is 12.3. The molecular formula is C22H24N4O2S2. The third-order valence-corrected chi connectivity index (χ3v) is 7.30. The summed E-state index contributed by atoms with van der Waals surface area (Å²) in [5.74, 6) is 1.82. The van der Waals surface area contributed by atoms with Crippen molar-refractivity contribution in [2.24, 2.45) is 0 Å². The highest BCUT2D eigenvalue weighted by Crippen LogP contribution is 2.34. The lowest BCUT2D eigenvalue weighted by atomic mass is 10.3. The predicted molar refractivity (Wildman–Crippen MR) is 126 cm³/mol. The van der Waals surface area contributed by atoms with E-state index in [-0.39, 0.29) is 0 Å². The van der Waals surface area contributed by atoms with Crippen molar-refractivity contribution in [1.82, 2.24) is 9.97 Å². The maximum absolute atomic E-state index is 5.62. The first kappa shape index (κ1) is 19.4. The average Bonchev–Trinajstić information content (AvgIpc) is 3.38. The largest absolute Gasteiger partial charge is 0.494 e. The first-order valence-electron chi connectivity index (χ1n) is 10.3. The van der Waals surface area contributed by atoms with Gasteiger partial charge >= 0.3 is 0 Å². The van der Waals surface area contributed by atoms with Crippen LogP contribution in [0.15, 0.2) is 36.4 Å². The number of benzene rings is 2. The van der Waals surface area contributed by atoms with Gasteiger partial charge in [-0.3, -0.25) is 0 Å². The number of thiazole rings is 2. The van der Waals surface area contributed by atoms with E-state index in [4.69, 9.17) is 19.4 Å². The van der Waals surface area contributed by atoms with Crippen LogP contribution in [0.25, 0.3) is 20.4 Å². The van der Waals surface area contributed by atoms with Crippen molar-refractivity contribution in [1.29, 1.82) is 0 Å². The normalized spacial score (nSPS) is 14.6. The molecular weight excluding hydrogens is 416 g/mol. The zero-order chi connectivity index (χ0) is 20.5. The van der Waals surface area contributed by atoms with Crippen molar-refractivity contribution < 1.29 is 9.47 Å². The van der Waals surface area contributed by atoms with Crippen LogP contribution in [0.1, 0.15) is 13.8 Å². The van der Waals surface area contributed by atoms with E-state index < -0.39 is 0 Å². The van der Waals surface area contributed by atoms with Gasteiger partial charge in [-0.05, 0) is 50.2 Å². The van der Waals surface area contributed by atoms with Gasteiger partial charge in [0.15, 0.2) is 10.3 Å². The molecule has 4 aromatic rings. The van der Waals surface area contributed by atoms with Gasteiger partial charge in [0.1, 0.15) is 11.5 Å². The van der Waals surface area contributed by atoms with Gasteiger partial charge in [-0.2, -0.15) is 0 Å². The van der Waals surface area contributed by atoms with Crippen LogP contribution in [-0.4, -0.2) is 49.4 Å². The van der Waals surface area contributed by atoms with Crippen molar-refractivity contribution in [2.45, 2.75) is 13.8 Å². The number of aromatic nitrogens is 2. The van der Waals surface area contributed by atoms with Gasteiger partial charge in [0.2, 0.25) is 0 Å². The molecule has 0 atom stereocenters. The number of anilines is 2. The third kappa shape index (κ3) is 3.77. The van der Waals surface area contributed by atoms with Crippen LogP contribution >= 0.6 is 22.7 Å². The highest BCUT2D eigenvalue weighted by molar-refractivity contribution is 7.22. The van der Waals surface area contributed by atoms with Crippen LogP contribution in [0.5, 0.6) is 11.5 Å². The minimum Gasteiger partial charge on any atom is -0.494 e. The third-order valence-electron chi connectivity index (χ3n) is 5.14. The standard InChI is InChI=1S/C22H24N4O2S2/c1-3-27-15-5-7-17-19(13-15)29-21(23-17)25-9-11-26(12-10-25)22-24-18-8-6-16(28-4-2)14-20(18)30-22/h5-8,13-14H,3-4,9-12H2,1-2H3. The van der Waals surface area contributed by atoms with Crippen LogP contribution < -0.4 is 19.3 Å². The Bertz CT molecular complexity index is 1070. The number of piperazine rings is 1. The molecule has 0 aliphatic carbocycles. The van der Waals surface area contributed by atoms with Crippen molar-refractivity contribution in [3.05, 3.63) is 36.4 Å². The summed E-state index contributed by atoms with van der Waals surface area (Å²) in [6.07, 6.45) is 0. The Kier molecular flexibility index (Phi) is 5.35. The molecule has 156 valence electrons. The van der Waals surface area contributed by atoms with E-state index in [1.165, 1.54) is 9.40 Å². The van der Waals surface area contributed by atoms with Gasteiger partial charge in [-0.1, -0.05) is 22.7 Å². The van der Waals surface area contributed by atoms with Crippen LogP contribution in [-0.2, 0) is 0 Å². The Morgan fingerprint density at radius 2 is 1.17 bits per heavy atom. The van der Waals surface area contributed by atoms with Crippen LogP contribution in [0.4, 0.5) is 10.3 Å². The molecule has 0 spiro atoms. The lowest BCUT2D eigenvalue weighted by Crippen LogP contribution is -2.46. The van der Waals surface area contributed by atoms with Crippen LogP contribution in [0.2, 0.25) is 0 Å². The highest BCUT2D eigenvalue weighted by atomic mass is 32.1. The monoisotopic (exact) mass is 440 g/mol. The van der Waals surface area contributed by atoms with E-state index >= 15 is 0 Å². The lowest BCUT2D eigenvalue weighted by Gasteiger charge is -2.34. The second kappa shape index (κ2) is 8.28. The predicted octanol–water partition coefficient (Wildman–Crippen LogP) is 5.03. The molecule has 0 amide bonds. The molecule has 0 saturated carbocycles. The first-order valence-corrected chi connectivity index (χ1v) is 11.9. The maximum atomic E-state index is 5.62. The number of ether oxygens (including phenoxy) is 2. The smallest absolute Gasteiger partial charge is 0.186 e. The van der Waals surface area contributed by atoms with Gasteiger partial charge in [-0.15, -0.1) is 0 Å². The Morgan fingerprint density at radius 3 is 1.57 bits per heavy atom. The molecule has 0 bridgehead atoms. The summed E-state index contributed by atoms with van der Waals surface area (Å²) in [6.45, 7) is 9.14. The molecule has 3 heterocycles. The fourth-order valence-corrected chi connectivity index (χ4v) is 5.75. The second-order valence-electron chi connectivity index (χ2n) is 7.09. The zero-order valence-electron chi connectivity index (χ0n) is 17.1. The SMILES string of the molecule is CCOc1ccc2nc(N3CCN(c4nc5ccc(OCC)cc5s4)CC3)sc2c1. The lowest BCUT2D eigenvalue weighted by molar-refractivity contribution is 0.340. The van der Waals surface area contributed by atoms with Gasteiger partial charge in [0, 0.05) is 26.2 Å². The Morgan fingerprint density at radius 1 is 0.733 bits per heavy atom. The zero-order valence-corrected chi connectivity index (χ0v) is 18.8. The van der Waals surface area contributed by atoms with Gasteiger partial charge in [0.25, 0.3) is 0 Å². The molecule has 0 N–H and O–H groups in total. The van der Waals surface area contributed by atoms with E-state index in [2.05, 4.69) is 21.9 Å². The van der Waals surface area contributed by atoms with E-state index in [0.29, 0.717) is 13.2 Å². The molecule has 0 unspecified atom stereocenters. The van der Waals surface area contributed by atoms with Gasteiger partial charge in [-0.25, -0.2) is 9.97 Å². The van der Waals surface area contributed by atoms with E-state index in [1.807, 2.05) is 38.1 Å². The maximum Gasteiger partial charge on any atom is 0.186 e. The van der Waals surface area contributed by atoms with Gasteiger partial charge in [0.05, 0.1) is 33.6 Å². The minimum absolute atomic E-state index is 0.678. The average molecular weight is 441 g/mol.